The molecule has 3 rings (SSSR count). The first-order chi connectivity index (χ1) is 15.1. The average Bonchev–Trinajstić information content (AvgIpc) is 3.07. The molecule has 0 radical (unpaired) electrons. The lowest BCUT2D eigenvalue weighted by Gasteiger charge is -2.21. The third-order valence-electron chi connectivity index (χ3n) is 5.08. The van der Waals surface area contributed by atoms with E-state index in [0.29, 0.717) is 47.3 Å². The molecule has 3 amide bonds. The van der Waals surface area contributed by atoms with Gasteiger partial charge in [0.25, 0.3) is 0 Å². The van der Waals surface area contributed by atoms with Crippen molar-refractivity contribution in [2.45, 2.75) is 52.2 Å². The number of allylic oxidation sites excluding steroid dienone is 3. The minimum Gasteiger partial charge on any atom is -0.389 e. The van der Waals surface area contributed by atoms with Crippen molar-refractivity contribution in [3.63, 3.8) is 0 Å². The lowest BCUT2D eigenvalue weighted by atomic mass is 10.0. The van der Waals surface area contributed by atoms with Crippen molar-refractivity contribution in [2.75, 3.05) is 17.3 Å². The Hall–Kier alpha value is -3.64. The van der Waals surface area contributed by atoms with Crippen molar-refractivity contribution < 1.29 is 14.7 Å². The van der Waals surface area contributed by atoms with Crippen LogP contribution in [-0.2, 0) is 11.3 Å². The number of benzene rings is 1. The number of urea groups is 1. The number of imidazole rings is 1. The van der Waals surface area contributed by atoms with Gasteiger partial charge in [0, 0.05) is 30.4 Å². The molecule has 0 aliphatic heterocycles. The maximum absolute atomic E-state index is 12.6. The summed E-state index contributed by atoms with van der Waals surface area (Å²) >= 11 is 0. The zero-order valence-electron chi connectivity index (χ0n) is 18.8. The van der Waals surface area contributed by atoms with E-state index in [0.717, 1.165) is 0 Å². The zero-order chi connectivity index (χ0) is 23.5. The Morgan fingerprint density at radius 2 is 2.09 bits per heavy atom. The number of carbonyl (C=O) groups is 2. The minimum atomic E-state index is -1.05. The molecule has 1 aliphatic rings. The number of aliphatic hydroxyl groups is 1. The number of nitrogens with one attached hydrogen (secondary N) is 2. The summed E-state index contributed by atoms with van der Waals surface area (Å²) in [5.41, 5.74) is 2.10. The van der Waals surface area contributed by atoms with Crippen molar-refractivity contribution >= 4 is 34.6 Å². The molecule has 0 fully saturated rings. The predicted octanol–water partition coefficient (Wildman–Crippen LogP) is 3.43. The zero-order valence-corrected chi connectivity index (χ0v) is 18.8. The maximum Gasteiger partial charge on any atom is 0.326 e. The molecule has 168 valence electrons. The smallest absolute Gasteiger partial charge is 0.326 e. The van der Waals surface area contributed by atoms with Crippen LogP contribution in [0.4, 0.5) is 16.4 Å². The summed E-state index contributed by atoms with van der Waals surface area (Å²) in [6.45, 7) is 5.34. The molecule has 3 N–H and O–H groups in total. The summed E-state index contributed by atoms with van der Waals surface area (Å²) in [4.78, 5) is 30.8. The van der Waals surface area contributed by atoms with Crippen LogP contribution in [0.25, 0.3) is 11.0 Å². The third kappa shape index (κ3) is 5.34. The average molecular weight is 437 g/mol. The molecule has 32 heavy (non-hydrogen) atoms. The van der Waals surface area contributed by atoms with E-state index in [1.54, 1.807) is 49.4 Å². The van der Waals surface area contributed by atoms with Gasteiger partial charge in [-0.3, -0.25) is 10.1 Å². The first-order valence-electron chi connectivity index (χ1n) is 10.5. The molecule has 0 bridgehead atoms. The van der Waals surface area contributed by atoms with Crippen molar-refractivity contribution in [1.29, 1.82) is 5.26 Å². The van der Waals surface area contributed by atoms with Crippen LogP contribution in [-0.4, -0.2) is 39.2 Å². The van der Waals surface area contributed by atoms with Crippen LogP contribution in [0.2, 0.25) is 0 Å². The third-order valence-corrected chi connectivity index (χ3v) is 5.08. The monoisotopic (exact) mass is 436 g/mol. The van der Waals surface area contributed by atoms with Crippen LogP contribution < -0.4 is 15.5 Å². The van der Waals surface area contributed by atoms with E-state index in [-0.39, 0.29) is 18.4 Å². The number of hydrogen-bond donors (Lipinski definition) is 3. The van der Waals surface area contributed by atoms with E-state index in [2.05, 4.69) is 21.7 Å². The van der Waals surface area contributed by atoms with Gasteiger partial charge in [-0.05, 0) is 51.0 Å². The van der Waals surface area contributed by atoms with Crippen LogP contribution in [0.5, 0.6) is 0 Å². The summed E-state index contributed by atoms with van der Waals surface area (Å²) in [6.07, 6.45) is 5.22. The summed E-state index contributed by atoms with van der Waals surface area (Å²) in [5.74, 6) is 0.241. The number of carbonyl (C=O) groups excluding carboxylic acids is 2. The standard InChI is InChI=1S/C23H28N6O3/c1-5-20(30)28(4)17-9-10-19-18(12-17)26-21(29(19)14-23(2,3)32)27-22(31)25-16-8-6-7-15(11-16)13-24/h8-12,32H,5-7,14H2,1-4H3,(H2,25,26,27,31). The normalized spacial score (nSPS) is 13.8. The van der Waals surface area contributed by atoms with Gasteiger partial charge in [-0.15, -0.1) is 0 Å². The number of amides is 3. The number of anilines is 2. The second-order valence-electron chi connectivity index (χ2n) is 8.37. The first kappa shape index (κ1) is 23.0. The predicted molar refractivity (Wildman–Crippen MR) is 123 cm³/mol. The Balaban J connectivity index is 1.92. The molecule has 0 unspecified atom stereocenters. The molecule has 2 aromatic rings. The molecule has 0 saturated carbocycles. The highest BCUT2D eigenvalue weighted by atomic mass is 16.3. The molecule has 0 spiro atoms. The van der Waals surface area contributed by atoms with Gasteiger partial charge in [0.1, 0.15) is 0 Å². The maximum atomic E-state index is 12.6. The van der Waals surface area contributed by atoms with Crippen molar-refractivity contribution in [3.05, 3.63) is 41.6 Å². The van der Waals surface area contributed by atoms with E-state index in [1.165, 1.54) is 0 Å². The number of rotatable bonds is 6. The number of hydrogen-bond acceptors (Lipinski definition) is 5. The van der Waals surface area contributed by atoms with Gasteiger partial charge < -0.3 is 19.9 Å². The Bertz CT molecular complexity index is 1150. The van der Waals surface area contributed by atoms with Gasteiger partial charge in [0.05, 0.1) is 29.2 Å². The highest BCUT2D eigenvalue weighted by molar-refractivity contribution is 5.96. The quantitative estimate of drug-likeness (QED) is 0.640. The molecule has 1 aromatic carbocycles. The van der Waals surface area contributed by atoms with E-state index >= 15 is 0 Å². The Kier molecular flexibility index (Phi) is 6.65. The Morgan fingerprint density at radius 1 is 1.34 bits per heavy atom. The van der Waals surface area contributed by atoms with Gasteiger partial charge >= 0.3 is 6.03 Å². The van der Waals surface area contributed by atoms with Gasteiger partial charge in [0.2, 0.25) is 11.9 Å². The largest absolute Gasteiger partial charge is 0.389 e. The summed E-state index contributed by atoms with van der Waals surface area (Å²) in [7, 11) is 1.70. The molecule has 0 atom stereocenters. The van der Waals surface area contributed by atoms with Crippen molar-refractivity contribution in [1.82, 2.24) is 14.9 Å². The molecule has 9 heteroatoms. The van der Waals surface area contributed by atoms with Crippen LogP contribution >= 0.6 is 0 Å². The van der Waals surface area contributed by atoms with E-state index in [1.807, 2.05) is 18.2 Å². The molecule has 1 aliphatic carbocycles. The van der Waals surface area contributed by atoms with Gasteiger partial charge in [0.15, 0.2) is 0 Å². The first-order valence-corrected chi connectivity index (χ1v) is 10.5. The van der Waals surface area contributed by atoms with E-state index < -0.39 is 11.6 Å². The van der Waals surface area contributed by atoms with Gasteiger partial charge in [-0.25, -0.2) is 9.78 Å². The highest BCUT2D eigenvalue weighted by Crippen LogP contribution is 2.27. The fourth-order valence-corrected chi connectivity index (χ4v) is 3.49. The second-order valence-corrected chi connectivity index (χ2v) is 8.37. The lowest BCUT2D eigenvalue weighted by molar-refractivity contribution is -0.118. The fourth-order valence-electron chi connectivity index (χ4n) is 3.49. The molecule has 9 nitrogen and oxygen atoms in total. The van der Waals surface area contributed by atoms with E-state index in [4.69, 9.17) is 5.26 Å². The minimum absolute atomic E-state index is 0.0245. The van der Waals surface area contributed by atoms with Crippen molar-refractivity contribution in [2.24, 2.45) is 0 Å². The van der Waals surface area contributed by atoms with Crippen LogP contribution in [0.1, 0.15) is 40.0 Å². The summed E-state index contributed by atoms with van der Waals surface area (Å²) < 4.78 is 1.73. The number of aromatic nitrogens is 2. The Morgan fingerprint density at radius 3 is 2.75 bits per heavy atom. The Labute approximate surface area is 187 Å². The van der Waals surface area contributed by atoms with Crippen molar-refractivity contribution in [3.8, 4) is 6.07 Å². The molecule has 0 saturated heterocycles. The fraction of sp³-hybridized carbons (Fsp3) is 0.391. The van der Waals surface area contributed by atoms with Crippen LogP contribution in [0.3, 0.4) is 0 Å². The van der Waals surface area contributed by atoms with Crippen LogP contribution in [0.15, 0.2) is 41.6 Å². The van der Waals surface area contributed by atoms with E-state index in [9.17, 15) is 14.7 Å². The number of nitriles is 1. The van der Waals surface area contributed by atoms with Gasteiger partial charge in [-0.1, -0.05) is 13.0 Å². The lowest BCUT2D eigenvalue weighted by Crippen LogP contribution is -2.31. The number of nitrogens with zero attached hydrogens (tertiary/aromatic N) is 4. The van der Waals surface area contributed by atoms with Crippen LogP contribution in [0, 0.1) is 11.3 Å². The molecule has 1 aromatic heterocycles. The summed E-state index contributed by atoms with van der Waals surface area (Å²) in [5, 5.41) is 24.9. The van der Waals surface area contributed by atoms with Gasteiger partial charge in [-0.2, -0.15) is 5.26 Å². The SMILES string of the molecule is CCC(=O)N(C)c1ccc2c(c1)nc(NC(=O)NC1=CCCC(C#N)=C1)n2CC(C)(C)O. The second kappa shape index (κ2) is 9.24. The molecule has 1 heterocycles. The summed E-state index contributed by atoms with van der Waals surface area (Å²) in [6, 6.07) is 7.01. The highest BCUT2D eigenvalue weighted by Gasteiger charge is 2.21. The molecular weight excluding hydrogens is 408 g/mol. The topological polar surface area (TPSA) is 123 Å². The number of fused-ring (bicyclic) bond motifs is 1. The molecular formula is C23H28N6O3.